The summed E-state index contributed by atoms with van der Waals surface area (Å²) in [6, 6.07) is 13.5. The van der Waals surface area contributed by atoms with E-state index < -0.39 is 5.91 Å². The Kier molecular flexibility index (Phi) is 2.69. The summed E-state index contributed by atoms with van der Waals surface area (Å²) in [6.07, 6.45) is 0. The minimum absolute atomic E-state index is 0.162. The summed E-state index contributed by atoms with van der Waals surface area (Å²) in [5, 5.41) is 10.1. The van der Waals surface area contributed by atoms with Crippen LogP contribution in [-0.4, -0.2) is 21.2 Å². The second-order valence-corrected chi connectivity index (χ2v) is 4.94. The number of aryl methyl sites for hydroxylation is 1. The van der Waals surface area contributed by atoms with Crippen LogP contribution >= 0.6 is 12.2 Å². The molecule has 1 heterocycles. The molecule has 1 amide bonds. The zero-order chi connectivity index (χ0) is 13.6. The van der Waals surface area contributed by atoms with Crippen LogP contribution in [0.5, 0.6) is 0 Å². The molecular weight excluding hydrogens is 258 g/mol. The van der Waals surface area contributed by atoms with Gasteiger partial charge in [-0.2, -0.15) is 5.06 Å². The van der Waals surface area contributed by atoms with Gasteiger partial charge in [0.1, 0.15) is 4.99 Å². The third kappa shape index (κ3) is 1.85. The van der Waals surface area contributed by atoms with Crippen molar-refractivity contribution in [3.63, 3.8) is 0 Å². The molecule has 0 aliphatic carbocycles. The van der Waals surface area contributed by atoms with Crippen LogP contribution < -0.4 is 0 Å². The van der Waals surface area contributed by atoms with Crippen LogP contribution in [0, 0.1) is 6.92 Å². The third-order valence-corrected chi connectivity index (χ3v) is 3.64. The molecule has 1 aliphatic rings. The highest BCUT2D eigenvalue weighted by Crippen LogP contribution is 2.28. The predicted octanol–water partition coefficient (Wildman–Crippen LogP) is 3.18. The monoisotopic (exact) mass is 269 g/mol. The molecule has 94 valence electrons. The number of hydroxylamine groups is 2. The summed E-state index contributed by atoms with van der Waals surface area (Å²) < 4.78 is 0. The Balaban J connectivity index is 2.11. The van der Waals surface area contributed by atoms with Crippen molar-refractivity contribution < 1.29 is 10.0 Å². The molecule has 1 N–H and O–H groups in total. The molecule has 19 heavy (non-hydrogen) atoms. The first-order valence-electron chi connectivity index (χ1n) is 5.86. The van der Waals surface area contributed by atoms with Gasteiger partial charge in [-0.1, -0.05) is 54.2 Å². The van der Waals surface area contributed by atoms with E-state index in [0.29, 0.717) is 16.2 Å². The lowest BCUT2D eigenvalue weighted by Crippen LogP contribution is -2.24. The number of rotatable bonds is 1. The van der Waals surface area contributed by atoms with Gasteiger partial charge in [0.25, 0.3) is 5.91 Å². The lowest BCUT2D eigenvalue weighted by atomic mass is 10.00. The summed E-state index contributed by atoms with van der Waals surface area (Å²) in [5.41, 5.74) is 4.21. The normalized spacial score (nSPS) is 13.9. The summed E-state index contributed by atoms with van der Waals surface area (Å²) in [7, 11) is 0. The fraction of sp³-hybridized carbons (Fsp3) is 0.0667. The first-order chi connectivity index (χ1) is 9.08. The molecule has 2 aromatic rings. The molecule has 2 aromatic carbocycles. The van der Waals surface area contributed by atoms with Gasteiger partial charge in [0.05, 0.1) is 5.56 Å². The maximum atomic E-state index is 11.8. The Labute approximate surface area is 116 Å². The van der Waals surface area contributed by atoms with E-state index >= 15 is 0 Å². The lowest BCUT2D eigenvalue weighted by molar-refractivity contribution is 0.00254. The third-order valence-electron chi connectivity index (χ3n) is 3.25. The highest BCUT2D eigenvalue weighted by molar-refractivity contribution is 7.80. The zero-order valence-corrected chi connectivity index (χ0v) is 11.1. The number of nitrogens with zero attached hydrogens (tertiary/aromatic N) is 1. The molecular formula is C15H11NO2S. The smallest absolute Gasteiger partial charge is 0.280 e. The standard InChI is InChI=1S/C15H11NO2S/c1-9-2-4-10(5-3-9)11-6-7-12-13(8-11)14(17)16(18)15(12)19/h2-8,18H,1H3. The Morgan fingerprint density at radius 1 is 1.00 bits per heavy atom. The van der Waals surface area contributed by atoms with Gasteiger partial charge in [0.2, 0.25) is 0 Å². The average molecular weight is 269 g/mol. The number of thiocarbonyl (C=S) groups is 1. The zero-order valence-electron chi connectivity index (χ0n) is 10.3. The Bertz CT molecular complexity index is 692. The second-order valence-electron chi connectivity index (χ2n) is 4.55. The van der Waals surface area contributed by atoms with Crippen LogP contribution in [0.15, 0.2) is 42.5 Å². The van der Waals surface area contributed by atoms with Gasteiger partial charge < -0.3 is 0 Å². The van der Waals surface area contributed by atoms with Crippen LogP contribution in [0.3, 0.4) is 0 Å². The van der Waals surface area contributed by atoms with Crippen LogP contribution in [0.25, 0.3) is 11.1 Å². The van der Waals surface area contributed by atoms with E-state index in [1.807, 2.05) is 37.3 Å². The van der Waals surface area contributed by atoms with Crippen LogP contribution in [-0.2, 0) is 0 Å². The number of fused-ring (bicyclic) bond motifs is 1. The van der Waals surface area contributed by atoms with Gasteiger partial charge in [-0.3, -0.25) is 10.0 Å². The summed E-state index contributed by atoms with van der Waals surface area (Å²) in [4.78, 5) is 12.0. The minimum atomic E-state index is -0.464. The van der Waals surface area contributed by atoms with Crippen molar-refractivity contribution in [3.05, 3.63) is 59.2 Å². The van der Waals surface area contributed by atoms with Crippen molar-refractivity contribution in [2.45, 2.75) is 6.92 Å². The van der Waals surface area contributed by atoms with Crippen LogP contribution in [0.1, 0.15) is 21.5 Å². The van der Waals surface area contributed by atoms with Crippen LogP contribution in [0.4, 0.5) is 0 Å². The van der Waals surface area contributed by atoms with Gasteiger partial charge in [0.15, 0.2) is 0 Å². The van der Waals surface area contributed by atoms with Crippen molar-refractivity contribution in [2.24, 2.45) is 0 Å². The molecule has 0 fully saturated rings. The molecule has 0 spiro atoms. The molecule has 0 aromatic heterocycles. The summed E-state index contributed by atoms with van der Waals surface area (Å²) >= 11 is 5.01. The molecule has 0 saturated carbocycles. The van der Waals surface area contributed by atoms with Crippen molar-refractivity contribution >= 4 is 23.1 Å². The largest absolute Gasteiger partial charge is 0.283 e. The SMILES string of the molecule is Cc1ccc(-c2ccc3c(c2)C(=O)N(O)C3=S)cc1. The number of benzene rings is 2. The topological polar surface area (TPSA) is 40.5 Å². The van der Waals surface area contributed by atoms with E-state index in [9.17, 15) is 10.0 Å². The molecule has 3 nitrogen and oxygen atoms in total. The van der Waals surface area contributed by atoms with Crippen molar-refractivity contribution in [1.29, 1.82) is 0 Å². The molecule has 0 bridgehead atoms. The molecule has 0 saturated heterocycles. The number of carbonyl (C=O) groups is 1. The van der Waals surface area contributed by atoms with E-state index in [-0.39, 0.29) is 4.99 Å². The van der Waals surface area contributed by atoms with Crippen molar-refractivity contribution in [1.82, 2.24) is 5.06 Å². The highest BCUT2D eigenvalue weighted by Gasteiger charge is 2.31. The summed E-state index contributed by atoms with van der Waals surface area (Å²) in [5.74, 6) is -0.464. The van der Waals surface area contributed by atoms with Gasteiger partial charge in [-0.05, 0) is 24.1 Å². The van der Waals surface area contributed by atoms with Gasteiger partial charge in [0, 0.05) is 5.56 Å². The Morgan fingerprint density at radius 2 is 1.63 bits per heavy atom. The summed E-state index contributed by atoms with van der Waals surface area (Å²) in [6.45, 7) is 2.03. The Morgan fingerprint density at radius 3 is 2.32 bits per heavy atom. The predicted molar refractivity (Wildman–Crippen MR) is 76.3 cm³/mol. The van der Waals surface area contributed by atoms with Gasteiger partial charge >= 0.3 is 0 Å². The average Bonchev–Trinajstić information content (AvgIpc) is 2.64. The first kappa shape index (κ1) is 12.0. The highest BCUT2D eigenvalue weighted by atomic mass is 32.1. The maximum Gasteiger partial charge on any atom is 0.283 e. The van der Waals surface area contributed by atoms with E-state index in [1.165, 1.54) is 5.56 Å². The van der Waals surface area contributed by atoms with Crippen molar-refractivity contribution in [3.8, 4) is 11.1 Å². The fourth-order valence-electron chi connectivity index (χ4n) is 2.15. The lowest BCUT2D eigenvalue weighted by Gasteiger charge is -2.04. The maximum absolute atomic E-state index is 11.8. The number of carbonyl (C=O) groups excluding carboxylic acids is 1. The quantitative estimate of drug-likeness (QED) is 0.638. The second kappa shape index (κ2) is 4.26. The van der Waals surface area contributed by atoms with E-state index in [4.69, 9.17) is 12.2 Å². The molecule has 3 rings (SSSR count). The van der Waals surface area contributed by atoms with Crippen molar-refractivity contribution in [2.75, 3.05) is 0 Å². The molecule has 1 aliphatic heterocycles. The van der Waals surface area contributed by atoms with E-state index in [0.717, 1.165) is 11.1 Å². The molecule has 4 heteroatoms. The number of hydrogen-bond donors (Lipinski definition) is 1. The molecule has 0 atom stereocenters. The fourth-order valence-corrected chi connectivity index (χ4v) is 2.41. The van der Waals surface area contributed by atoms with Crippen LogP contribution in [0.2, 0.25) is 0 Å². The van der Waals surface area contributed by atoms with E-state index in [1.54, 1.807) is 12.1 Å². The van der Waals surface area contributed by atoms with Gasteiger partial charge in [-0.15, -0.1) is 0 Å². The minimum Gasteiger partial charge on any atom is -0.280 e. The van der Waals surface area contributed by atoms with E-state index in [2.05, 4.69) is 0 Å². The Hall–Kier alpha value is -2.04. The number of hydrogen-bond acceptors (Lipinski definition) is 3. The van der Waals surface area contributed by atoms with Gasteiger partial charge in [-0.25, -0.2) is 0 Å². The number of amides is 1. The molecule has 0 radical (unpaired) electrons. The first-order valence-corrected chi connectivity index (χ1v) is 6.27. The molecule has 0 unspecified atom stereocenters.